The minimum atomic E-state index is -1.26. The number of hydrogen-bond acceptors (Lipinski definition) is 6. The summed E-state index contributed by atoms with van der Waals surface area (Å²) in [6.07, 6.45) is 1.12. The minimum Gasteiger partial charge on any atom is -0.478 e. The van der Waals surface area contributed by atoms with Gasteiger partial charge in [0.2, 0.25) is 0 Å². The van der Waals surface area contributed by atoms with Crippen LogP contribution < -0.4 is 0 Å². The quantitative estimate of drug-likeness (QED) is 0.266. The van der Waals surface area contributed by atoms with Gasteiger partial charge in [0.25, 0.3) is 5.69 Å². The number of carboxylic acid groups (broad SMARTS) is 2. The predicted octanol–water partition coefficient (Wildman–Crippen LogP) is 4.21. The number of carboxylic acids is 2. The molecule has 0 atom stereocenters. The molecule has 2 N–H and O–H groups in total. The Balaban J connectivity index is 0.000000414. The van der Waals surface area contributed by atoms with Gasteiger partial charge < -0.3 is 10.2 Å². The van der Waals surface area contributed by atoms with Crippen LogP contribution in [0.4, 0.5) is 5.69 Å². The van der Waals surface area contributed by atoms with Crippen LogP contribution in [0.1, 0.15) is 22.7 Å². The van der Waals surface area contributed by atoms with E-state index in [0.717, 1.165) is 38.3 Å². The van der Waals surface area contributed by atoms with Crippen molar-refractivity contribution in [2.45, 2.75) is 12.6 Å². The van der Waals surface area contributed by atoms with Crippen LogP contribution in [-0.2, 0) is 16.1 Å². The molecule has 0 aliphatic carbocycles. The van der Waals surface area contributed by atoms with Gasteiger partial charge in [-0.2, -0.15) is 0 Å². The van der Waals surface area contributed by atoms with E-state index in [1.165, 1.54) is 11.1 Å². The largest absolute Gasteiger partial charge is 0.478 e. The van der Waals surface area contributed by atoms with Gasteiger partial charge in [0, 0.05) is 57.0 Å². The average molecular weight is 504 g/mol. The Morgan fingerprint density at radius 2 is 1.32 bits per heavy atom. The molecule has 37 heavy (non-hydrogen) atoms. The molecule has 1 saturated heterocycles. The fourth-order valence-electron chi connectivity index (χ4n) is 4.23. The molecular weight excluding hydrogens is 474 g/mol. The SMILES string of the molecule is O=C(O)/C=C/C(=O)O.O=[N+]([O-])c1cccc(CN2CCN(C(c3ccccc3)c3ccccc3)CC2)c1. The number of rotatable bonds is 8. The summed E-state index contributed by atoms with van der Waals surface area (Å²) < 4.78 is 0. The molecule has 9 heteroatoms. The standard InChI is InChI=1S/C24H25N3O2.C4H4O4/c28-27(29)23-13-7-8-20(18-23)19-25-14-16-26(17-15-25)24(21-9-3-1-4-10-21)22-11-5-2-6-12-22;5-3(6)1-2-4(7)8/h1-13,18,24H,14-17,19H2;1-2H,(H,5,6)(H,7,8)/b;2-1+. The molecule has 1 fully saturated rings. The predicted molar refractivity (Wildman–Crippen MR) is 139 cm³/mol. The third-order valence-corrected chi connectivity index (χ3v) is 5.90. The summed E-state index contributed by atoms with van der Waals surface area (Å²) in [5.74, 6) is -2.51. The number of non-ortho nitro benzene ring substituents is 1. The maximum Gasteiger partial charge on any atom is 0.328 e. The Bertz CT molecular complexity index is 1150. The number of benzene rings is 3. The van der Waals surface area contributed by atoms with Gasteiger partial charge in [0.15, 0.2) is 0 Å². The van der Waals surface area contributed by atoms with Crippen LogP contribution in [0, 0.1) is 10.1 Å². The van der Waals surface area contributed by atoms with E-state index in [9.17, 15) is 19.7 Å². The van der Waals surface area contributed by atoms with Gasteiger partial charge in [0.1, 0.15) is 0 Å². The Labute approximate surface area is 215 Å². The lowest BCUT2D eigenvalue weighted by Crippen LogP contribution is -2.47. The van der Waals surface area contributed by atoms with E-state index in [0.29, 0.717) is 12.2 Å². The monoisotopic (exact) mass is 503 g/mol. The first-order chi connectivity index (χ1) is 17.8. The summed E-state index contributed by atoms with van der Waals surface area (Å²) in [5, 5.41) is 26.6. The zero-order valence-electron chi connectivity index (χ0n) is 20.2. The van der Waals surface area contributed by atoms with E-state index in [1.807, 2.05) is 6.07 Å². The second-order valence-corrected chi connectivity index (χ2v) is 8.47. The third-order valence-electron chi connectivity index (χ3n) is 5.90. The van der Waals surface area contributed by atoms with E-state index >= 15 is 0 Å². The third kappa shape index (κ3) is 8.68. The van der Waals surface area contributed by atoms with Crippen molar-refractivity contribution in [2.75, 3.05) is 26.2 Å². The molecule has 3 aromatic rings. The fraction of sp³-hybridized carbons (Fsp3) is 0.214. The van der Waals surface area contributed by atoms with Crippen molar-refractivity contribution in [3.8, 4) is 0 Å². The molecule has 0 radical (unpaired) electrons. The summed E-state index contributed by atoms with van der Waals surface area (Å²) in [6.45, 7) is 4.56. The number of carbonyl (C=O) groups is 2. The highest BCUT2D eigenvalue weighted by Crippen LogP contribution is 2.29. The summed E-state index contributed by atoms with van der Waals surface area (Å²) in [7, 11) is 0. The Morgan fingerprint density at radius 1 is 0.811 bits per heavy atom. The molecule has 4 rings (SSSR count). The van der Waals surface area contributed by atoms with E-state index in [1.54, 1.807) is 18.2 Å². The lowest BCUT2D eigenvalue weighted by molar-refractivity contribution is -0.384. The smallest absolute Gasteiger partial charge is 0.328 e. The van der Waals surface area contributed by atoms with Gasteiger partial charge in [-0.3, -0.25) is 19.9 Å². The van der Waals surface area contributed by atoms with E-state index < -0.39 is 11.9 Å². The zero-order valence-corrected chi connectivity index (χ0v) is 20.2. The average Bonchev–Trinajstić information content (AvgIpc) is 2.90. The van der Waals surface area contributed by atoms with Crippen molar-refractivity contribution >= 4 is 17.6 Å². The normalized spacial score (nSPS) is 14.2. The number of nitro groups is 1. The van der Waals surface area contributed by atoms with Crippen molar-refractivity contribution in [3.05, 3.63) is 124 Å². The van der Waals surface area contributed by atoms with Crippen molar-refractivity contribution in [1.29, 1.82) is 0 Å². The molecule has 1 aliphatic rings. The Hall–Kier alpha value is -4.34. The fourth-order valence-corrected chi connectivity index (χ4v) is 4.23. The molecule has 9 nitrogen and oxygen atoms in total. The first-order valence-corrected chi connectivity index (χ1v) is 11.8. The molecular formula is C28H29N3O6. The second-order valence-electron chi connectivity index (χ2n) is 8.47. The molecule has 0 saturated carbocycles. The first-order valence-electron chi connectivity index (χ1n) is 11.8. The number of hydrogen-bond donors (Lipinski definition) is 2. The molecule has 0 bridgehead atoms. The molecule has 1 aliphatic heterocycles. The van der Waals surface area contributed by atoms with E-state index in [4.69, 9.17) is 10.2 Å². The number of nitro benzene ring substituents is 1. The zero-order chi connectivity index (χ0) is 26.6. The summed E-state index contributed by atoms with van der Waals surface area (Å²) in [6, 6.07) is 28.5. The van der Waals surface area contributed by atoms with Crippen molar-refractivity contribution in [1.82, 2.24) is 9.80 Å². The van der Waals surface area contributed by atoms with E-state index in [-0.39, 0.29) is 16.7 Å². The van der Waals surface area contributed by atoms with Crippen molar-refractivity contribution in [3.63, 3.8) is 0 Å². The van der Waals surface area contributed by atoms with Gasteiger partial charge in [-0.15, -0.1) is 0 Å². The summed E-state index contributed by atoms with van der Waals surface area (Å²) >= 11 is 0. The maximum absolute atomic E-state index is 11.0. The van der Waals surface area contributed by atoms with Gasteiger partial charge >= 0.3 is 11.9 Å². The molecule has 0 unspecified atom stereocenters. The van der Waals surface area contributed by atoms with Crippen molar-refractivity contribution < 1.29 is 24.7 Å². The van der Waals surface area contributed by atoms with Gasteiger partial charge in [-0.1, -0.05) is 72.8 Å². The van der Waals surface area contributed by atoms with Gasteiger partial charge in [0.05, 0.1) is 11.0 Å². The number of aliphatic carboxylic acids is 2. The molecule has 0 aromatic heterocycles. The summed E-state index contributed by atoms with van der Waals surface area (Å²) in [5.41, 5.74) is 3.78. The lowest BCUT2D eigenvalue weighted by Gasteiger charge is -2.39. The van der Waals surface area contributed by atoms with Crippen LogP contribution in [0.3, 0.4) is 0 Å². The van der Waals surface area contributed by atoms with Crippen LogP contribution in [0.2, 0.25) is 0 Å². The van der Waals surface area contributed by atoms with Crippen LogP contribution >= 0.6 is 0 Å². The Morgan fingerprint density at radius 3 is 1.78 bits per heavy atom. The maximum atomic E-state index is 11.0. The van der Waals surface area contributed by atoms with Gasteiger partial charge in [-0.05, 0) is 16.7 Å². The van der Waals surface area contributed by atoms with Crippen LogP contribution in [0.15, 0.2) is 97.1 Å². The summed E-state index contributed by atoms with van der Waals surface area (Å²) in [4.78, 5) is 34.7. The van der Waals surface area contributed by atoms with E-state index in [2.05, 4.69) is 70.5 Å². The van der Waals surface area contributed by atoms with Gasteiger partial charge in [-0.25, -0.2) is 9.59 Å². The molecule has 192 valence electrons. The topological polar surface area (TPSA) is 124 Å². The lowest BCUT2D eigenvalue weighted by atomic mass is 9.96. The van der Waals surface area contributed by atoms with Crippen LogP contribution in [0.25, 0.3) is 0 Å². The number of piperazine rings is 1. The number of nitrogens with zero attached hydrogens (tertiary/aromatic N) is 3. The highest BCUT2D eigenvalue weighted by atomic mass is 16.6. The highest BCUT2D eigenvalue weighted by molar-refractivity contribution is 5.89. The molecule has 0 amide bonds. The molecule has 1 heterocycles. The molecule has 0 spiro atoms. The minimum absolute atomic E-state index is 0.161. The van der Waals surface area contributed by atoms with Crippen LogP contribution in [0.5, 0.6) is 0 Å². The second kappa shape index (κ2) is 13.7. The first kappa shape index (κ1) is 27.3. The highest BCUT2D eigenvalue weighted by Gasteiger charge is 2.26. The molecule has 3 aromatic carbocycles. The van der Waals surface area contributed by atoms with Crippen LogP contribution in [-0.4, -0.2) is 63.1 Å². The van der Waals surface area contributed by atoms with Crippen molar-refractivity contribution in [2.24, 2.45) is 0 Å². The Kier molecular flexibility index (Phi) is 10.1.